The van der Waals surface area contributed by atoms with Crippen molar-refractivity contribution in [2.24, 2.45) is 0 Å². The Labute approximate surface area is 138 Å². The smallest absolute Gasteiger partial charge is 0.246 e. The van der Waals surface area contributed by atoms with Gasteiger partial charge in [-0.05, 0) is 38.0 Å². The fraction of sp³-hybridized carbons (Fsp3) is 0.400. The minimum Gasteiger partial charge on any atom is -0.345 e. The fourth-order valence-electron chi connectivity index (χ4n) is 2.14. The molecule has 0 aliphatic carbocycles. The van der Waals surface area contributed by atoms with Crippen LogP contribution in [-0.4, -0.2) is 41.3 Å². The summed E-state index contributed by atoms with van der Waals surface area (Å²) in [5.41, 5.74) is 0.711. The first-order valence-corrected chi connectivity index (χ1v) is 8.40. The third kappa shape index (κ3) is 4.77. The lowest BCUT2D eigenvalue weighted by Gasteiger charge is -2.23. The van der Waals surface area contributed by atoms with Gasteiger partial charge in [-0.15, -0.1) is 0 Å². The molecule has 0 radical (unpaired) electrons. The number of nitrogens with one attached hydrogen (secondary N) is 1. The number of hydrogen-bond donors (Lipinski definition) is 1. The molecule has 1 aromatic heterocycles. The molecule has 2 rings (SSSR count). The maximum absolute atomic E-state index is 13.0. The number of amides is 1. The van der Waals surface area contributed by atoms with Gasteiger partial charge in [0.15, 0.2) is 5.82 Å². The monoisotopic (exact) mass is 338 g/mol. The predicted molar refractivity (Wildman–Crippen MR) is 86.2 cm³/mol. The molecule has 1 amide bonds. The van der Waals surface area contributed by atoms with Gasteiger partial charge in [0.25, 0.3) is 0 Å². The summed E-state index contributed by atoms with van der Waals surface area (Å²) >= 11 is 1.59. The maximum atomic E-state index is 13.0. The quantitative estimate of drug-likeness (QED) is 0.832. The first-order valence-electron chi connectivity index (χ1n) is 7.01. The second-order valence-corrected chi connectivity index (χ2v) is 6.04. The minimum absolute atomic E-state index is 0.158. The lowest BCUT2D eigenvalue weighted by molar-refractivity contribution is -0.126. The number of carbonyl (C=O) groups is 1. The van der Waals surface area contributed by atoms with Gasteiger partial charge in [0.05, 0.1) is 12.3 Å². The van der Waals surface area contributed by atoms with Crippen molar-refractivity contribution in [1.29, 1.82) is 0 Å². The fourth-order valence-corrected chi connectivity index (χ4v) is 2.51. The number of rotatable bonds is 7. The van der Waals surface area contributed by atoms with Crippen molar-refractivity contribution in [1.82, 2.24) is 20.4 Å². The molecule has 1 N–H and O–H groups in total. The van der Waals surface area contributed by atoms with E-state index < -0.39 is 6.04 Å². The molecule has 23 heavy (non-hydrogen) atoms. The van der Waals surface area contributed by atoms with Gasteiger partial charge in [-0.25, -0.2) is 4.39 Å². The molecule has 0 spiro atoms. The number of benzene rings is 1. The third-order valence-corrected chi connectivity index (χ3v) is 3.69. The summed E-state index contributed by atoms with van der Waals surface area (Å²) in [5.74, 6) is 1.07. The molecular weight excluding hydrogens is 319 g/mol. The van der Waals surface area contributed by atoms with Crippen molar-refractivity contribution in [3.63, 3.8) is 0 Å². The Morgan fingerprint density at radius 2 is 2.09 bits per heavy atom. The maximum Gasteiger partial charge on any atom is 0.246 e. The lowest BCUT2D eigenvalue weighted by atomic mass is 10.1. The van der Waals surface area contributed by atoms with Crippen LogP contribution in [0.1, 0.15) is 23.3 Å². The van der Waals surface area contributed by atoms with Gasteiger partial charge in [-0.2, -0.15) is 16.7 Å². The highest BCUT2D eigenvalue weighted by Crippen LogP contribution is 2.19. The van der Waals surface area contributed by atoms with E-state index in [-0.39, 0.29) is 18.3 Å². The van der Waals surface area contributed by atoms with Crippen molar-refractivity contribution in [3.8, 4) is 0 Å². The number of hydrogen-bond acceptors (Lipinski definition) is 6. The van der Waals surface area contributed by atoms with Crippen LogP contribution >= 0.6 is 11.8 Å². The summed E-state index contributed by atoms with van der Waals surface area (Å²) in [6.07, 6.45) is 1.95. The van der Waals surface area contributed by atoms with E-state index in [1.807, 2.05) is 6.26 Å². The van der Waals surface area contributed by atoms with E-state index in [0.29, 0.717) is 23.0 Å². The van der Waals surface area contributed by atoms with Gasteiger partial charge < -0.3 is 9.84 Å². The molecule has 6 nitrogen and oxygen atoms in total. The van der Waals surface area contributed by atoms with E-state index in [1.165, 1.54) is 12.1 Å². The Kier molecular flexibility index (Phi) is 6.12. The van der Waals surface area contributed by atoms with Crippen LogP contribution in [0.3, 0.4) is 0 Å². The van der Waals surface area contributed by atoms with E-state index >= 15 is 0 Å². The molecule has 0 aliphatic rings. The summed E-state index contributed by atoms with van der Waals surface area (Å²) in [7, 11) is 3.58. The van der Waals surface area contributed by atoms with Crippen LogP contribution in [-0.2, 0) is 17.1 Å². The summed E-state index contributed by atoms with van der Waals surface area (Å²) in [5, 5.41) is 6.59. The van der Waals surface area contributed by atoms with Crippen LogP contribution in [0.15, 0.2) is 28.8 Å². The molecule has 8 heteroatoms. The van der Waals surface area contributed by atoms with Crippen molar-refractivity contribution in [3.05, 3.63) is 47.4 Å². The van der Waals surface area contributed by atoms with Crippen molar-refractivity contribution in [2.45, 2.75) is 18.3 Å². The van der Waals surface area contributed by atoms with Gasteiger partial charge in [-0.1, -0.05) is 17.3 Å². The second kappa shape index (κ2) is 8.07. The molecule has 1 heterocycles. The summed E-state index contributed by atoms with van der Waals surface area (Å²) in [4.78, 5) is 18.4. The average Bonchev–Trinajstić information content (AvgIpc) is 2.95. The number of likely N-dealkylation sites (N-methyl/N-ethyl adjacent to an activating group) is 1. The normalized spacial score (nSPS) is 12.4. The van der Waals surface area contributed by atoms with Crippen LogP contribution in [0.4, 0.5) is 4.39 Å². The molecule has 0 saturated carbocycles. The molecule has 0 saturated heterocycles. The molecule has 1 atom stereocenters. The van der Waals surface area contributed by atoms with Gasteiger partial charge >= 0.3 is 0 Å². The van der Waals surface area contributed by atoms with Crippen molar-refractivity contribution < 1.29 is 13.7 Å². The molecule has 0 fully saturated rings. The van der Waals surface area contributed by atoms with Crippen LogP contribution in [0.5, 0.6) is 0 Å². The Morgan fingerprint density at radius 1 is 1.39 bits per heavy atom. The van der Waals surface area contributed by atoms with Crippen LogP contribution in [0.25, 0.3) is 0 Å². The first kappa shape index (κ1) is 17.4. The molecule has 0 aliphatic heterocycles. The summed E-state index contributed by atoms with van der Waals surface area (Å²) in [6, 6.07) is 5.35. The molecule has 0 bridgehead atoms. The topological polar surface area (TPSA) is 71.3 Å². The van der Waals surface area contributed by atoms with E-state index in [0.717, 1.165) is 0 Å². The molecule has 1 aromatic carbocycles. The zero-order chi connectivity index (χ0) is 16.8. The van der Waals surface area contributed by atoms with E-state index in [1.54, 1.807) is 42.9 Å². The van der Waals surface area contributed by atoms with E-state index in [9.17, 15) is 9.18 Å². The first-order chi connectivity index (χ1) is 11.0. The Bertz CT molecular complexity index is 645. The highest BCUT2D eigenvalue weighted by atomic mass is 32.2. The number of nitrogens with zero attached hydrogens (tertiary/aromatic N) is 3. The number of thioether (sulfide) groups is 1. The average molecular weight is 338 g/mol. The van der Waals surface area contributed by atoms with E-state index in [2.05, 4.69) is 15.5 Å². The van der Waals surface area contributed by atoms with Gasteiger partial charge in [-0.3, -0.25) is 9.69 Å². The SMILES string of the molecule is CSCc1noc(CNC(=O)[C@@H](c2ccc(F)cc2)N(C)C)n1. The van der Waals surface area contributed by atoms with Gasteiger partial charge in [0.2, 0.25) is 11.8 Å². The van der Waals surface area contributed by atoms with Crippen LogP contribution in [0, 0.1) is 5.82 Å². The number of carbonyl (C=O) groups excluding carboxylic acids is 1. The van der Waals surface area contributed by atoms with Crippen molar-refractivity contribution >= 4 is 17.7 Å². The zero-order valence-corrected chi connectivity index (χ0v) is 14.1. The van der Waals surface area contributed by atoms with Gasteiger partial charge in [0.1, 0.15) is 11.9 Å². The third-order valence-electron chi connectivity index (χ3n) is 3.15. The standard InChI is InChI=1S/C15H19FN4O2S/c1-20(2)14(10-4-6-11(16)7-5-10)15(21)17-8-13-18-12(9-23-3)19-22-13/h4-7,14H,8-9H2,1-3H3,(H,17,21)/t14-/m1/s1. The van der Waals surface area contributed by atoms with Crippen LogP contribution < -0.4 is 5.32 Å². The van der Waals surface area contributed by atoms with Gasteiger partial charge in [0, 0.05) is 0 Å². The number of halogens is 1. The summed E-state index contributed by atoms with van der Waals surface area (Å²) < 4.78 is 18.1. The van der Waals surface area contributed by atoms with Crippen LogP contribution in [0.2, 0.25) is 0 Å². The molecule has 124 valence electrons. The minimum atomic E-state index is -0.524. The highest BCUT2D eigenvalue weighted by Gasteiger charge is 2.23. The lowest BCUT2D eigenvalue weighted by Crippen LogP contribution is -2.36. The Morgan fingerprint density at radius 3 is 2.70 bits per heavy atom. The molecule has 0 unspecified atom stereocenters. The molecular formula is C15H19FN4O2S. The Balaban J connectivity index is 2.02. The summed E-state index contributed by atoms with van der Waals surface area (Å²) in [6.45, 7) is 0.158. The number of aromatic nitrogens is 2. The largest absolute Gasteiger partial charge is 0.345 e. The van der Waals surface area contributed by atoms with Crippen molar-refractivity contribution in [2.75, 3.05) is 20.4 Å². The highest BCUT2D eigenvalue weighted by molar-refractivity contribution is 7.97. The molecule has 2 aromatic rings. The Hall–Kier alpha value is -1.93. The zero-order valence-electron chi connectivity index (χ0n) is 13.2. The predicted octanol–water partition coefficient (Wildman–Crippen LogP) is 1.99. The van der Waals surface area contributed by atoms with E-state index in [4.69, 9.17) is 4.52 Å². The second-order valence-electron chi connectivity index (χ2n) is 5.17.